The van der Waals surface area contributed by atoms with Crippen molar-refractivity contribution in [3.05, 3.63) is 60.2 Å². The first-order chi connectivity index (χ1) is 12.2. The van der Waals surface area contributed by atoms with E-state index in [0.29, 0.717) is 0 Å². The molecule has 1 heterocycles. The molecule has 6 nitrogen and oxygen atoms in total. The van der Waals surface area contributed by atoms with Gasteiger partial charge in [-0.15, -0.1) is 0 Å². The third-order valence-electron chi connectivity index (χ3n) is 4.10. The Morgan fingerprint density at radius 2 is 1.12 bits per heavy atom. The molecular weight excluding hydrogens is 385 g/mol. The predicted molar refractivity (Wildman–Crippen MR) is 90.3 cm³/mol. The van der Waals surface area contributed by atoms with Gasteiger partial charge < -0.3 is 0 Å². The standard InChI is InChI=1S/C16H16F2N2O4S2/c17-14-7-4-8-15(18)16(14)26(23,24)20-11-9-19(10-12-20)25(21,22)13-5-2-1-3-6-13/h1-8H,9-12H2/i17-1. The second kappa shape index (κ2) is 7.03. The molecule has 1 aliphatic rings. The Bertz CT molecular complexity index is 984. The zero-order chi connectivity index (χ0) is 18.9. The van der Waals surface area contributed by atoms with E-state index >= 15 is 0 Å². The van der Waals surface area contributed by atoms with Crippen LogP contribution < -0.4 is 0 Å². The predicted octanol–water partition coefficient (Wildman–Crippen LogP) is 1.66. The molecule has 0 radical (unpaired) electrons. The second-order valence-electron chi connectivity index (χ2n) is 5.67. The lowest BCUT2D eigenvalue weighted by molar-refractivity contribution is 0.271. The lowest BCUT2D eigenvalue weighted by Crippen LogP contribution is -2.50. The summed E-state index contributed by atoms with van der Waals surface area (Å²) < 4.78 is 79.9. The van der Waals surface area contributed by atoms with Gasteiger partial charge in [-0.1, -0.05) is 24.3 Å². The first-order valence-electron chi connectivity index (χ1n) is 7.74. The molecule has 2 aromatic rings. The molecule has 0 amide bonds. The molecule has 1 saturated heterocycles. The van der Waals surface area contributed by atoms with Crippen LogP contribution in [-0.4, -0.2) is 51.6 Å². The van der Waals surface area contributed by atoms with Crippen LogP contribution in [0, 0.1) is 11.6 Å². The lowest BCUT2D eigenvalue weighted by Gasteiger charge is -2.33. The maximum atomic E-state index is 13.8. The summed E-state index contributed by atoms with van der Waals surface area (Å²) in [6.45, 7) is -0.594. The Kier molecular flexibility index (Phi) is 5.11. The minimum Gasteiger partial charge on any atom is -0.207 e. The second-order valence-corrected chi connectivity index (χ2v) is 9.48. The van der Waals surface area contributed by atoms with Gasteiger partial charge in [0.15, 0.2) is 4.90 Å². The number of piperazine rings is 1. The summed E-state index contributed by atoms with van der Waals surface area (Å²) in [6, 6.07) is 10.6. The fourth-order valence-electron chi connectivity index (χ4n) is 2.75. The van der Waals surface area contributed by atoms with E-state index in [-0.39, 0.29) is 31.1 Å². The van der Waals surface area contributed by atoms with Crippen LogP contribution in [0.2, 0.25) is 0 Å². The smallest absolute Gasteiger partial charge is 0.207 e. The molecule has 0 aromatic heterocycles. The van der Waals surface area contributed by atoms with E-state index in [1.807, 2.05) is 0 Å². The van der Waals surface area contributed by atoms with Gasteiger partial charge in [-0.2, -0.15) is 8.61 Å². The molecule has 0 unspecified atom stereocenters. The van der Waals surface area contributed by atoms with Gasteiger partial charge in [0.05, 0.1) is 4.90 Å². The van der Waals surface area contributed by atoms with E-state index in [2.05, 4.69) is 0 Å². The highest BCUT2D eigenvalue weighted by Crippen LogP contribution is 2.25. The van der Waals surface area contributed by atoms with E-state index in [1.54, 1.807) is 18.2 Å². The summed E-state index contributed by atoms with van der Waals surface area (Å²) in [7, 11) is -8.14. The van der Waals surface area contributed by atoms with E-state index in [0.717, 1.165) is 26.8 Å². The molecule has 3 rings (SSSR count). The first-order valence-corrected chi connectivity index (χ1v) is 10.6. The number of sulfonamides is 2. The van der Waals surface area contributed by atoms with E-state index in [9.17, 15) is 25.6 Å². The minimum absolute atomic E-state index is 0.105. The van der Waals surface area contributed by atoms with Gasteiger partial charge in [-0.25, -0.2) is 25.6 Å². The van der Waals surface area contributed by atoms with E-state index in [4.69, 9.17) is 0 Å². The Labute approximate surface area is 150 Å². The highest BCUT2D eigenvalue weighted by atomic mass is 32.2. The number of hydrogen-bond acceptors (Lipinski definition) is 4. The molecule has 2 aromatic carbocycles. The van der Waals surface area contributed by atoms with Crippen molar-refractivity contribution in [2.45, 2.75) is 9.79 Å². The average molecular weight is 401 g/mol. The molecule has 10 heteroatoms. The van der Waals surface area contributed by atoms with Gasteiger partial charge in [0.25, 0.3) is 0 Å². The molecular formula is C16H16F2N2O4S2. The lowest BCUT2D eigenvalue weighted by atomic mass is 10.3. The summed E-state index contributed by atoms with van der Waals surface area (Å²) >= 11 is 0. The molecule has 0 spiro atoms. The van der Waals surface area contributed by atoms with Crippen LogP contribution in [0.5, 0.6) is 0 Å². The quantitative estimate of drug-likeness (QED) is 0.781. The molecule has 26 heavy (non-hydrogen) atoms. The minimum atomic E-state index is -4.40. The largest absolute Gasteiger partial charge is 0.249 e. The Morgan fingerprint density at radius 3 is 1.62 bits per heavy atom. The molecule has 1 fully saturated rings. The van der Waals surface area contributed by atoms with Crippen molar-refractivity contribution >= 4 is 20.0 Å². The molecule has 140 valence electrons. The van der Waals surface area contributed by atoms with Gasteiger partial charge in [0, 0.05) is 26.2 Å². The third kappa shape index (κ3) is 3.37. The van der Waals surface area contributed by atoms with Gasteiger partial charge >= 0.3 is 0 Å². The number of hydrogen-bond donors (Lipinski definition) is 0. The van der Waals surface area contributed by atoms with Crippen molar-refractivity contribution in [3.8, 4) is 0 Å². The molecule has 0 N–H and O–H groups in total. The maximum absolute atomic E-state index is 13.8. The molecule has 0 aliphatic carbocycles. The van der Waals surface area contributed by atoms with Crippen LogP contribution in [-0.2, 0) is 20.0 Å². The average Bonchev–Trinajstić information content (AvgIpc) is 2.62. The number of halogens is 2. The number of benzene rings is 2. The van der Waals surface area contributed by atoms with Crippen LogP contribution in [0.4, 0.5) is 8.78 Å². The van der Waals surface area contributed by atoms with E-state index in [1.165, 1.54) is 12.1 Å². The van der Waals surface area contributed by atoms with Crippen LogP contribution in [0.15, 0.2) is 58.3 Å². The fourth-order valence-corrected chi connectivity index (χ4v) is 5.72. The zero-order valence-corrected chi connectivity index (χ0v) is 15.2. The SMILES string of the molecule is O=S(=O)(c1ccccc1)N1CCN(S(=O)(=O)c2c(F)cccc2[18F])CC1. The number of rotatable bonds is 4. The molecule has 1 aliphatic heterocycles. The third-order valence-corrected chi connectivity index (χ3v) is 7.96. The zero-order valence-electron chi connectivity index (χ0n) is 13.5. The van der Waals surface area contributed by atoms with Crippen molar-refractivity contribution < 1.29 is 25.6 Å². The van der Waals surface area contributed by atoms with Crippen LogP contribution in [0.3, 0.4) is 0 Å². The van der Waals surface area contributed by atoms with Crippen LogP contribution in [0.1, 0.15) is 0 Å². The summed E-state index contributed by atoms with van der Waals surface area (Å²) in [6.07, 6.45) is 0. The van der Waals surface area contributed by atoms with Gasteiger partial charge in [0.2, 0.25) is 20.0 Å². The molecule has 0 saturated carbocycles. The van der Waals surface area contributed by atoms with Crippen LogP contribution in [0.25, 0.3) is 0 Å². The fraction of sp³-hybridized carbons (Fsp3) is 0.250. The molecule has 0 atom stereocenters. The van der Waals surface area contributed by atoms with Gasteiger partial charge in [-0.05, 0) is 24.3 Å². The maximum Gasteiger partial charge on any atom is 0.249 e. The van der Waals surface area contributed by atoms with Crippen molar-refractivity contribution in [2.24, 2.45) is 0 Å². The monoisotopic (exact) mass is 401 g/mol. The number of nitrogens with zero attached hydrogens (tertiary/aromatic N) is 2. The summed E-state index contributed by atoms with van der Waals surface area (Å²) in [5.74, 6) is -2.35. The topological polar surface area (TPSA) is 74.8 Å². The Hall–Kier alpha value is -1.88. The highest BCUT2D eigenvalue weighted by molar-refractivity contribution is 7.89. The molecule has 0 bridgehead atoms. The van der Waals surface area contributed by atoms with Gasteiger partial charge in [0.1, 0.15) is 11.6 Å². The highest BCUT2D eigenvalue weighted by Gasteiger charge is 2.36. The van der Waals surface area contributed by atoms with Crippen molar-refractivity contribution in [2.75, 3.05) is 26.2 Å². The summed E-state index contributed by atoms with van der Waals surface area (Å²) in [4.78, 5) is -0.907. The summed E-state index contributed by atoms with van der Waals surface area (Å²) in [5, 5.41) is 0. The van der Waals surface area contributed by atoms with Crippen LogP contribution >= 0.6 is 0 Å². The van der Waals surface area contributed by atoms with Gasteiger partial charge in [-0.3, -0.25) is 0 Å². The van der Waals surface area contributed by atoms with Crippen molar-refractivity contribution in [1.29, 1.82) is 0 Å². The first kappa shape index (κ1) is 18.9. The normalized spacial score (nSPS) is 17.3. The summed E-state index contributed by atoms with van der Waals surface area (Å²) in [5.41, 5.74) is 0. The van der Waals surface area contributed by atoms with Crippen molar-refractivity contribution in [3.63, 3.8) is 0 Å². The Morgan fingerprint density at radius 1 is 0.654 bits per heavy atom. The Balaban J connectivity index is 1.81. The van der Waals surface area contributed by atoms with Crippen molar-refractivity contribution in [1.82, 2.24) is 8.61 Å². The van der Waals surface area contributed by atoms with E-state index < -0.39 is 36.6 Å².